The Hall–Kier alpha value is -2.30. The standard InChI is InChI=1S/C14H16N2O3/c1-9(5-6-13(17)18)16-14(19)11-3-2-4-12-10(11)7-8-15-12/h2-4,7-9,15H,5-6H2,1H3,(H,16,19)(H,17,18). The second kappa shape index (κ2) is 5.56. The maximum atomic E-state index is 12.1. The van der Waals surface area contributed by atoms with Crippen LogP contribution >= 0.6 is 0 Å². The van der Waals surface area contributed by atoms with Gasteiger partial charge in [-0.05, 0) is 31.5 Å². The molecule has 0 bridgehead atoms. The van der Waals surface area contributed by atoms with E-state index in [1.165, 1.54) is 0 Å². The highest BCUT2D eigenvalue weighted by Gasteiger charge is 2.13. The molecule has 1 aromatic carbocycles. The van der Waals surface area contributed by atoms with E-state index in [4.69, 9.17) is 5.11 Å². The summed E-state index contributed by atoms with van der Waals surface area (Å²) in [7, 11) is 0. The maximum Gasteiger partial charge on any atom is 0.303 e. The summed E-state index contributed by atoms with van der Waals surface area (Å²) in [6.07, 6.45) is 2.26. The molecule has 3 N–H and O–H groups in total. The predicted molar refractivity (Wildman–Crippen MR) is 72.1 cm³/mol. The van der Waals surface area contributed by atoms with Crippen LogP contribution < -0.4 is 5.32 Å². The Balaban J connectivity index is 2.07. The van der Waals surface area contributed by atoms with Crippen LogP contribution in [-0.4, -0.2) is 28.0 Å². The van der Waals surface area contributed by atoms with Crippen LogP contribution in [0, 0.1) is 0 Å². The quantitative estimate of drug-likeness (QED) is 0.770. The lowest BCUT2D eigenvalue weighted by molar-refractivity contribution is -0.137. The summed E-state index contributed by atoms with van der Waals surface area (Å²) < 4.78 is 0. The third kappa shape index (κ3) is 3.13. The molecule has 0 aliphatic heterocycles. The lowest BCUT2D eigenvalue weighted by Gasteiger charge is -2.13. The van der Waals surface area contributed by atoms with Gasteiger partial charge in [0, 0.05) is 35.1 Å². The Morgan fingerprint density at radius 1 is 1.37 bits per heavy atom. The fourth-order valence-corrected chi connectivity index (χ4v) is 2.00. The second-order valence-electron chi connectivity index (χ2n) is 4.55. The van der Waals surface area contributed by atoms with E-state index in [0.717, 1.165) is 10.9 Å². The van der Waals surface area contributed by atoms with E-state index < -0.39 is 5.97 Å². The first-order chi connectivity index (χ1) is 9.08. The number of H-pyrrole nitrogens is 1. The minimum atomic E-state index is -0.853. The van der Waals surface area contributed by atoms with Crippen molar-refractivity contribution in [3.05, 3.63) is 36.0 Å². The van der Waals surface area contributed by atoms with Crippen molar-refractivity contribution in [1.82, 2.24) is 10.3 Å². The van der Waals surface area contributed by atoms with Gasteiger partial charge in [-0.15, -0.1) is 0 Å². The van der Waals surface area contributed by atoms with Crippen molar-refractivity contribution in [2.45, 2.75) is 25.8 Å². The fraction of sp³-hybridized carbons (Fsp3) is 0.286. The van der Waals surface area contributed by atoms with E-state index in [0.29, 0.717) is 12.0 Å². The Morgan fingerprint density at radius 2 is 2.16 bits per heavy atom. The summed E-state index contributed by atoms with van der Waals surface area (Å²) in [6.45, 7) is 1.80. The molecule has 0 radical (unpaired) electrons. The van der Waals surface area contributed by atoms with Gasteiger partial charge >= 0.3 is 5.97 Å². The summed E-state index contributed by atoms with van der Waals surface area (Å²) in [5.74, 6) is -1.03. The van der Waals surface area contributed by atoms with Gasteiger partial charge in [-0.25, -0.2) is 0 Å². The van der Waals surface area contributed by atoms with Crippen LogP contribution in [0.4, 0.5) is 0 Å². The first kappa shape index (κ1) is 13.1. The number of aliphatic carboxylic acids is 1. The van der Waals surface area contributed by atoms with Crippen molar-refractivity contribution in [3.8, 4) is 0 Å². The summed E-state index contributed by atoms with van der Waals surface area (Å²) in [6, 6.07) is 7.16. The highest BCUT2D eigenvalue weighted by Crippen LogP contribution is 2.17. The number of amides is 1. The van der Waals surface area contributed by atoms with Gasteiger partial charge in [-0.1, -0.05) is 6.07 Å². The zero-order chi connectivity index (χ0) is 13.8. The van der Waals surface area contributed by atoms with Crippen molar-refractivity contribution in [1.29, 1.82) is 0 Å². The van der Waals surface area contributed by atoms with Crippen LogP contribution in [0.15, 0.2) is 30.5 Å². The first-order valence-corrected chi connectivity index (χ1v) is 6.16. The van der Waals surface area contributed by atoms with E-state index in [2.05, 4.69) is 10.3 Å². The third-order valence-electron chi connectivity index (χ3n) is 3.01. The van der Waals surface area contributed by atoms with Crippen molar-refractivity contribution in [2.75, 3.05) is 0 Å². The second-order valence-corrected chi connectivity index (χ2v) is 4.55. The normalized spacial score (nSPS) is 12.3. The molecular weight excluding hydrogens is 244 g/mol. The van der Waals surface area contributed by atoms with Crippen LogP contribution in [0.3, 0.4) is 0 Å². The van der Waals surface area contributed by atoms with Crippen LogP contribution in [0.2, 0.25) is 0 Å². The van der Waals surface area contributed by atoms with Crippen LogP contribution in [-0.2, 0) is 4.79 Å². The Kier molecular flexibility index (Phi) is 3.85. The number of hydrogen-bond acceptors (Lipinski definition) is 2. The summed E-state index contributed by atoms with van der Waals surface area (Å²) in [5.41, 5.74) is 1.51. The first-order valence-electron chi connectivity index (χ1n) is 6.16. The number of carboxylic acid groups (broad SMARTS) is 1. The molecule has 1 unspecified atom stereocenters. The maximum absolute atomic E-state index is 12.1. The van der Waals surface area contributed by atoms with Gasteiger partial charge in [0.15, 0.2) is 0 Å². The monoisotopic (exact) mass is 260 g/mol. The molecule has 0 aliphatic rings. The smallest absolute Gasteiger partial charge is 0.303 e. The number of aromatic amines is 1. The van der Waals surface area contributed by atoms with Crippen LogP contribution in [0.1, 0.15) is 30.1 Å². The minimum Gasteiger partial charge on any atom is -0.481 e. The minimum absolute atomic E-state index is 0.0514. The number of carboxylic acids is 1. The van der Waals surface area contributed by atoms with E-state index in [1.807, 2.05) is 18.2 Å². The summed E-state index contributed by atoms with van der Waals surface area (Å²) in [4.78, 5) is 25.7. The largest absolute Gasteiger partial charge is 0.481 e. The van der Waals surface area contributed by atoms with Crippen molar-refractivity contribution in [2.24, 2.45) is 0 Å². The van der Waals surface area contributed by atoms with E-state index in [9.17, 15) is 9.59 Å². The molecule has 0 aliphatic carbocycles. The van der Waals surface area contributed by atoms with Crippen LogP contribution in [0.25, 0.3) is 10.9 Å². The van der Waals surface area contributed by atoms with Gasteiger partial charge in [-0.3, -0.25) is 9.59 Å². The molecule has 0 fully saturated rings. The molecule has 2 aromatic rings. The van der Waals surface area contributed by atoms with Crippen molar-refractivity contribution >= 4 is 22.8 Å². The van der Waals surface area contributed by atoms with E-state index in [-0.39, 0.29) is 18.4 Å². The average Bonchev–Trinajstić information content (AvgIpc) is 2.84. The summed E-state index contributed by atoms with van der Waals surface area (Å²) >= 11 is 0. The number of rotatable bonds is 5. The summed E-state index contributed by atoms with van der Waals surface area (Å²) in [5, 5.41) is 12.3. The third-order valence-corrected chi connectivity index (χ3v) is 3.01. The molecule has 0 saturated heterocycles. The van der Waals surface area contributed by atoms with Gasteiger partial charge in [0.25, 0.3) is 5.91 Å². The van der Waals surface area contributed by atoms with Gasteiger partial charge < -0.3 is 15.4 Å². The van der Waals surface area contributed by atoms with Crippen molar-refractivity contribution < 1.29 is 14.7 Å². The molecule has 1 heterocycles. The number of nitrogens with one attached hydrogen (secondary N) is 2. The van der Waals surface area contributed by atoms with Gasteiger partial charge in [0.2, 0.25) is 0 Å². The molecule has 19 heavy (non-hydrogen) atoms. The number of hydrogen-bond donors (Lipinski definition) is 3. The lowest BCUT2D eigenvalue weighted by Crippen LogP contribution is -2.33. The molecule has 1 aromatic heterocycles. The topological polar surface area (TPSA) is 82.2 Å². The molecule has 5 heteroatoms. The Morgan fingerprint density at radius 3 is 2.89 bits per heavy atom. The zero-order valence-corrected chi connectivity index (χ0v) is 10.6. The molecule has 0 saturated carbocycles. The molecular formula is C14H16N2O3. The number of fused-ring (bicyclic) bond motifs is 1. The van der Waals surface area contributed by atoms with E-state index in [1.54, 1.807) is 19.2 Å². The fourth-order valence-electron chi connectivity index (χ4n) is 2.00. The van der Waals surface area contributed by atoms with E-state index >= 15 is 0 Å². The number of aromatic nitrogens is 1. The SMILES string of the molecule is CC(CCC(=O)O)NC(=O)c1cccc2[nH]ccc12. The van der Waals surface area contributed by atoms with Gasteiger partial charge in [0.05, 0.1) is 0 Å². The molecule has 100 valence electrons. The highest BCUT2D eigenvalue weighted by molar-refractivity contribution is 6.06. The molecule has 5 nitrogen and oxygen atoms in total. The average molecular weight is 260 g/mol. The Labute approximate surface area is 110 Å². The highest BCUT2D eigenvalue weighted by atomic mass is 16.4. The molecule has 1 atom stereocenters. The number of carbonyl (C=O) groups excluding carboxylic acids is 1. The van der Waals surface area contributed by atoms with Crippen molar-refractivity contribution in [3.63, 3.8) is 0 Å². The lowest BCUT2D eigenvalue weighted by atomic mass is 10.1. The zero-order valence-electron chi connectivity index (χ0n) is 10.6. The van der Waals surface area contributed by atoms with Crippen LogP contribution in [0.5, 0.6) is 0 Å². The number of benzene rings is 1. The molecule has 2 rings (SSSR count). The number of carbonyl (C=O) groups is 2. The molecule has 0 spiro atoms. The van der Waals surface area contributed by atoms with Gasteiger partial charge in [-0.2, -0.15) is 0 Å². The molecule has 1 amide bonds. The predicted octanol–water partition coefficient (Wildman–Crippen LogP) is 2.15. The van der Waals surface area contributed by atoms with Gasteiger partial charge in [0.1, 0.15) is 0 Å². The Bertz CT molecular complexity index is 604.